The van der Waals surface area contributed by atoms with Crippen LogP contribution in [0.4, 0.5) is 0 Å². The molecule has 156 valence electrons. The molecule has 0 radical (unpaired) electrons. The summed E-state index contributed by atoms with van der Waals surface area (Å²) in [5.41, 5.74) is 0. The van der Waals surface area contributed by atoms with E-state index < -0.39 is 0 Å². The summed E-state index contributed by atoms with van der Waals surface area (Å²) in [4.78, 5) is 42.0. The number of rotatable bonds is 6. The fourth-order valence-electron chi connectivity index (χ4n) is 3.81. The van der Waals surface area contributed by atoms with Gasteiger partial charge < -0.3 is 9.80 Å². The molecule has 2 amide bonds. The Hall–Kier alpha value is -1.71. The maximum atomic E-state index is 12.7. The molecule has 4 heterocycles. The van der Waals surface area contributed by atoms with Crippen molar-refractivity contribution in [1.82, 2.24) is 24.7 Å². The first-order chi connectivity index (χ1) is 14.1. The Morgan fingerprint density at radius 1 is 1.03 bits per heavy atom. The van der Waals surface area contributed by atoms with Crippen LogP contribution in [-0.4, -0.2) is 88.0 Å². The average molecular weight is 434 g/mol. The maximum Gasteiger partial charge on any atom is 0.236 e. The first-order valence-electron chi connectivity index (χ1n) is 10.3. The van der Waals surface area contributed by atoms with Gasteiger partial charge in [0.05, 0.1) is 12.3 Å². The summed E-state index contributed by atoms with van der Waals surface area (Å²) in [6.07, 6.45) is 4.81. The summed E-state index contributed by atoms with van der Waals surface area (Å²) in [6, 6.07) is 2.14. The van der Waals surface area contributed by atoms with E-state index in [0.717, 1.165) is 60.7 Å². The highest BCUT2D eigenvalue weighted by molar-refractivity contribution is 8.00. The second-order valence-corrected chi connectivity index (χ2v) is 9.58. The number of carbonyl (C=O) groups is 2. The van der Waals surface area contributed by atoms with Gasteiger partial charge in [-0.2, -0.15) is 0 Å². The molecule has 0 bridgehead atoms. The lowest BCUT2D eigenvalue weighted by Gasteiger charge is -2.35. The van der Waals surface area contributed by atoms with E-state index in [1.165, 1.54) is 16.6 Å². The number of amides is 2. The molecule has 2 aromatic rings. The van der Waals surface area contributed by atoms with Gasteiger partial charge >= 0.3 is 0 Å². The number of likely N-dealkylation sites (tertiary alicyclic amines) is 1. The van der Waals surface area contributed by atoms with Gasteiger partial charge in [-0.25, -0.2) is 9.97 Å². The molecule has 9 heteroatoms. The van der Waals surface area contributed by atoms with Gasteiger partial charge in [0.15, 0.2) is 0 Å². The fourth-order valence-corrected chi connectivity index (χ4v) is 5.68. The predicted molar refractivity (Wildman–Crippen MR) is 116 cm³/mol. The number of carbonyl (C=O) groups excluding carboxylic acids is 2. The zero-order valence-corrected chi connectivity index (χ0v) is 18.4. The van der Waals surface area contributed by atoms with Crippen molar-refractivity contribution in [3.63, 3.8) is 0 Å². The fraction of sp³-hybridized carbons (Fsp3) is 0.600. The summed E-state index contributed by atoms with van der Waals surface area (Å²) in [5.74, 6) is 0.752. The molecular weight excluding hydrogens is 406 g/mol. The van der Waals surface area contributed by atoms with Gasteiger partial charge in [-0.15, -0.1) is 11.3 Å². The van der Waals surface area contributed by atoms with Gasteiger partial charge in [-0.3, -0.25) is 14.5 Å². The van der Waals surface area contributed by atoms with Gasteiger partial charge in [0.2, 0.25) is 11.8 Å². The molecule has 2 aliphatic rings. The molecule has 2 aliphatic heterocycles. The monoisotopic (exact) mass is 433 g/mol. The topological polar surface area (TPSA) is 69.6 Å². The number of hydrogen-bond donors (Lipinski definition) is 0. The second-order valence-electron chi connectivity index (χ2n) is 7.50. The minimum Gasteiger partial charge on any atom is -0.342 e. The molecule has 0 atom stereocenters. The van der Waals surface area contributed by atoms with E-state index in [-0.39, 0.29) is 11.8 Å². The Bertz CT molecular complexity index is 873. The molecule has 0 saturated carbocycles. The van der Waals surface area contributed by atoms with Crippen LogP contribution in [0.25, 0.3) is 10.2 Å². The van der Waals surface area contributed by atoms with Crippen molar-refractivity contribution in [2.75, 3.05) is 51.6 Å². The van der Waals surface area contributed by atoms with Gasteiger partial charge in [-0.1, -0.05) is 18.7 Å². The summed E-state index contributed by atoms with van der Waals surface area (Å²) in [6.45, 7) is 7.30. The predicted octanol–water partition coefficient (Wildman–Crippen LogP) is 2.11. The molecule has 0 aromatic carbocycles. The normalized spacial score (nSPS) is 18.0. The van der Waals surface area contributed by atoms with Crippen molar-refractivity contribution in [2.24, 2.45) is 0 Å². The number of thiophene rings is 1. The van der Waals surface area contributed by atoms with Crippen LogP contribution in [0.15, 0.2) is 17.4 Å². The van der Waals surface area contributed by atoms with Crippen LogP contribution in [0.1, 0.15) is 24.6 Å². The standard InChI is InChI=1S/C20H27N5O2S2/c1-2-15-11-16-19(21-14-22-20(16)29-15)28-13-18(27)25-9-7-23(8-10-25)12-17(26)24-5-3-4-6-24/h11,14H,2-10,12-13H2,1H3. The number of hydrogen-bond acceptors (Lipinski definition) is 7. The number of thioether (sulfide) groups is 1. The number of piperazine rings is 1. The summed E-state index contributed by atoms with van der Waals surface area (Å²) < 4.78 is 0. The lowest BCUT2D eigenvalue weighted by atomic mass is 10.3. The van der Waals surface area contributed by atoms with Crippen LogP contribution < -0.4 is 0 Å². The molecule has 0 spiro atoms. The highest BCUT2D eigenvalue weighted by atomic mass is 32.2. The maximum absolute atomic E-state index is 12.7. The molecule has 0 aliphatic carbocycles. The number of aryl methyl sites for hydroxylation is 1. The van der Waals surface area contributed by atoms with Gasteiger partial charge in [0.1, 0.15) is 16.2 Å². The number of aromatic nitrogens is 2. The van der Waals surface area contributed by atoms with Crippen LogP contribution in [0.3, 0.4) is 0 Å². The summed E-state index contributed by atoms with van der Waals surface area (Å²) in [5, 5.41) is 1.94. The van der Waals surface area contributed by atoms with E-state index in [2.05, 4.69) is 27.9 Å². The van der Waals surface area contributed by atoms with E-state index >= 15 is 0 Å². The van der Waals surface area contributed by atoms with Crippen LogP contribution in [-0.2, 0) is 16.0 Å². The molecule has 0 unspecified atom stereocenters. The minimum atomic E-state index is 0.137. The van der Waals surface area contributed by atoms with Crippen LogP contribution in [0, 0.1) is 0 Å². The Morgan fingerprint density at radius 2 is 1.76 bits per heavy atom. The minimum absolute atomic E-state index is 0.137. The van der Waals surface area contributed by atoms with Crippen LogP contribution >= 0.6 is 23.1 Å². The molecule has 2 saturated heterocycles. The average Bonchev–Trinajstić information content (AvgIpc) is 3.42. The van der Waals surface area contributed by atoms with Crippen molar-refractivity contribution in [1.29, 1.82) is 0 Å². The Balaban J connectivity index is 1.26. The van der Waals surface area contributed by atoms with E-state index in [0.29, 0.717) is 25.4 Å². The largest absolute Gasteiger partial charge is 0.342 e. The highest BCUT2D eigenvalue weighted by Gasteiger charge is 2.25. The molecule has 0 N–H and O–H groups in total. The zero-order valence-electron chi connectivity index (χ0n) is 16.8. The molecule has 2 aromatic heterocycles. The molecule has 2 fully saturated rings. The van der Waals surface area contributed by atoms with Crippen molar-refractivity contribution in [2.45, 2.75) is 31.2 Å². The van der Waals surface area contributed by atoms with Crippen LogP contribution in [0.2, 0.25) is 0 Å². The third-order valence-electron chi connectivity index (χ3n) is 5.57. The van der Waals surface area contributed by atoms with Gasteiger partial charge in [-0.05, 0) is 25.3 Å². The molecular formula is C20H27N5O2S2. The van der Waals surface area contributed by atoms with Crippen LogP contribution in [0.5, 0.6) is 0 Å². The lowest BCUT2D eigenvalue weighted by Crippen LogP contribution is -2.51. The second kappa shape index (κ2) is 9.40. The zero-order chi connectivity index (χ0) is 20.2. The van der Waals surface area contributed by atoms with Gasteiger partial charge in [0.25, 0.3) is 0 Å². The molecule has 4 rings (SSSR count). The molecule has 29 heavy (non-hydrogen) atoms. The third-order valence-corrected chi connectivity index (χ3v) is 7.74. The van der Waals surface area contributed by atoms with Gasteiger partial charge in [0, 0.05) is 49.5 Å². The van der Waals surface area contributed by atoms with Crippen molar-refractivity contribution in [3.05, 3.63) is 17.3 Å². The van der Waals surface area contributed by atoms with E-state index in [9.17, 15) is 9.59 Å². The third kappa shape index (κ3) is 4.90. The Kier molecular flexibility index (Phi) is 6.67. The SMILES string of the molecule is CCc1cc2c(SCC(=O)N3CCN(CC(=O)N4CCCC4)CC3)ncnc2s1. The van der Waals surface area contributed by atoms with E-state index in [1.807, 2.05) is 9.80 Å². The Labute approximate surface area is 179 Å². The first-order valence-corrected chi connectivity index (χ1v) is 12.1. The van der Waals surface area contributed by atoms with E-state index in [1.54, 1.807) is 17.7 Å². The lowest BCUT2D eigenvalue weighted by molar-refractivity contribution is -0.133. The number of fused-ring (bicyclic) bond motifs is 1. The molecule has 7 nitrogen and oxygen atoms in total. The smallest absolute Gasteiger partial charge is 0.236 e. The summed E-state index contributed by atoms with van der Waals surface area (Å²) in [7, 11) is 0. The van der Waals surface area contributed by atoms with Crippen molar-refractivity contribution in [3.8, 4) is 0 Å². The van der Waals surface area contributed by atoms with Crippen molar-refractivity contribution >= 4 is 45.1 Å². The number of nitrogens with zero attached hydrogens (tertiary/aromatic N) is 5. The quantitative estimate of drug-likeness (QED) is 0.513. The van der Waals surface area contributed by atoms with Crippen molar-refractivity contribution < 1.29 is 9.59 Å². The summed E-state index contributed by atoms with van der Waals surface area (Å²) >= 11 is 3.19. The Morgan fingerprint density at radius 3 is 2.48 bits per heavy atom. The highest BCUT2D eigenvalue weighted by Crippen LogP contribution is 2.31. The van der Waals surface area contributed by atoms with E-state index in [4.69, 9.17) is 0 Å². The first kappa shape index (κ1) is 20.6.